The Morgan fingerprint density at radius 2 is 2.56 bits per heavy atom. The first-order valence-electron chi connectivity index (χ1n) is 2.72. The number of fused-ring (bicyclic) bond motifs is 1. The molecule has 0 aromatic carbocycles. The molecule has 1 aromatic rings. The number of nitrogens with zero attached hydrogens (tertiary/aromatic N) is 2. The van der Waals surface area contributed by atoms with Gasteiger partial charge in [-0.3, -0.25) is 0 Å². The minimum atomic E-state index is 0. The zero-order valence-electron chi connectivity index (χ0n) is 4.46. The molecule has 0 aliphatic carbocycles. The molecule has 2 heterocycles. The highest BCUT2D eigenvalue weighted by atomic mass is 15.2. The van der Waals surface area contributed by atoms with Crippen LogP contribution in [0.2, 0.25) is 0 Å². The van der Waals surface area contributed by atoms with E-state index in [0.717, 1.165) is 19.0 Å². The molecule has 1 aliphatic rings. The molecule has 0 saturated carbocycles. The van der Waals surface area contributed by atoms with E-state index < -0.39 is 0 Å². The largest absolute Gasteiger partial charge is 0.354 e. The zero-order chi connectivity index (χ0) is 5.40. The van der Waals surface area contributed by atoms with Gasteiger partial charge in [-0.2, -0.15) is 0 Å². The predicted octanol–water partition coefficient (Wildman–Crippen LogP) is 0.945. The number of nitrogens with one attached hydrogen (secondary N) is 1. The summed E-state index contributed by atoms with van der Waals surface area (Å²) in [4.78, 5) is 4.05. The second-order valence-corrected chi connectivity index (χ2v) is 1.87. The Kier molecular flexibility index (Phi) is 1.42. The first kappa shape index (κ1) is 6.13. The van der Waals surface area contributed by atoms with Crippen LogP contribution >= 0.6 is 0 Å². The van der Waals surface area contributed by atoms with E-state index in [4.69, 9.17) is 0 Å². The highest BCUT2D eigenvalue weighted by molar-refractivity contribution is 5.29. The third kappa shape index (κ3) is 0.781. The maximum absolute atomic E-state index is 4.05. The molecule has 9 heavy (non-hydrogen) atoms. The highest BCUT2D eigenvalue weighted by Gasteiger charge is 2.06. The first-order chi connectivity index (χ1) is 3.97. The molecule has 0 fully saturated rings. The van der Waals surface area contributed by atoms with Crippen molar-refractivity contribution in [2.24, 2.45) is 0 Å². The summed E-state index contributed by atoms with van der Waals surface area (Å²) in [6, 6.07) is 0. The summed E-state index contributed by atoms with van der Waals surface area (Å²) in [5.41, 5.74) is 0. The molecule has 1 aromatic heterocycles. The SMILES string of the molecule is C.c1cn2c(n1)NCC2. The molecule has 0 amide bonds. The van der Waals surface area contributed by atoms with E-state index in [0.29, 0.717) is 0 Å². The van der Waals surface area contributed by atoms with Gasteiger partial charge in [0, 0.05) is 25.5 Å². The third-order valence-electron chi connectivity index (χ3n) is 1.35. The van der Waals surface area contributed by atoms with Gasteiger partial charge >= 0.3 is 0 Å². The van der Waals surface area contributed by atoms with Crippen molar-refractivity contribution in [3.8, 4) is 0 Å². The van der Waals surface area contributed by atoms with Crippen LogP contribution in [0.15, 0.2) is 12.4 Å². The van der Waals surface area contributed by atoms with Crippen LogP contribution in [0.1, 0.15) is 7.43 Å². The first-order valence-corrected chi connectivity index (χ1v) is 2.72. The zero-order valence-corrected chi connectivity index (χ0v) is 4.46. The van der Waals surface area contributed by atoms with E-state index in [1.54, 1.807) is 0 Å². The van der Waals surface area contributed by atoms with Crippen molar-refractivity contribution in [3.63, 3.8) is 0 Å². The summed E-state index contributed by atoms with van der Waals surface area (Å²) >= 11 is 0. The van der Waals surface area contributed by atoms with Crippen LogP contribution in [-0.2, 0) is 6.54 Å². The van der Waals surface area contributed by atoms with Crippen LogP contribution in [0.3, 0.4) is 0 Å². The molecule has 0 saturated heterocycles. The molecular formula is C6H11N3. The summed E-state index contributed by atoms with van der Waals surface area (Å²) in [6.45, 7) is 2.10. The number of hydrogen-bond donors (Lipinski definition) is 1. The Morgan fingerprint density at radius 1 is 1.67 bits per heavy atom. The average molecular weight is 125 g/mol. The van der Waals surface area contributed by atoms with Crippen LogP contribution in [-0.4, -0.2) is 16.1 Å². The van der Waals surface area contributed by atoms with E-state index in [9.17, 15) is 0 Å². The molecule has 0 bridgehead atoms. The number of rotatable bonds is 0. The quantitative estimate of drug-likeness (QED) is 0.559. The van der Waals surface area contributed by atoms with Crippen molar-refractivity contribution in [2.45, 2.75) is 14.0 Å². The molecule has 3 heteroatoms. The van der Waals surface area contributed by atoms with Crippen LogP contribution < -0.4 is 5.32 Å². The van der Waals surface area contributed by atoms with Gasteiger partial charge in [0.1, 0.15) is 0 Å². The summed E-state index contributed by atoms with van der Waals surface area (Å²) in [5, 5.41) is 3.13. The standard InChI is InChI=1S/C5H7N3.CH4/c1-3-8-4-2-7-5(8)6-1;/h1,3H,2,4H2,(H,6,7);1H4. The molecule has 3 nitrogen and oxygen atoms in total. The van der Waals surface area contributed by atoms with Gasteiger partial charge < -0.3 is 9.88 Å². The predicted molar refractivity (Wildman–Crippen MR) is 37.4 cm³/mol. The molecule has 1 N–H and O–H groups in total. The number of hydrogen-bond acceptors (Lipinski definition) is 2. The fraction of sp³-hybridized carbons (Fsp3) is 0.500. The molecule has 1 aliphatic heterocycles. The Labute approximate surface area is 54.7 Å². The average Bonchev–Trinajstić information content (AvgIpc) is 2.15. The Hall–Kier alpha value is -0.990. The summed E-state index contributed by atoms with van der Waals surface area (Å²) < 4.78 is 2.10. The number of aromatic nitrogens is 2. The van der Waals surface area contributed by atoms with E-state index in [-0.39, 0.29) is 7.43 Å². The maximum atomic E-state index is 4.05. The van der Waals surface area contributed by atoms with E-state index in [2.05, 4.69) is 14.9 Å². The number of imidazole rings is 1. The maximum Gasteiger partial charge on any atom is 0.202 e. The van der Waals surface area contributed by atoms with Gasteiger partial charge in [0.15, 0.2) is 0 Å². The second-order valence-electron chi connectivity index (χ2n) is 1.87. The van der Waals surface area contributed by atoms with Crippen molar-refractivity contribution < 1.29 is 0 Å². The third-order valence-corrected chi connectivity index (χ3v) is 1.35. The molecule has 50 valence electrons. The van der Waals surface area contributed by atoms with Crippen molar-refractivity contribution in [2.75, 3.05) is 11.9 Å². The number of anilines is 1. The van der Waals surface area contributed by atoms with Gasteiger partial charge in [-0.15, -0.1) is 0 Å². The normalized spacial score (nSPS) is 13.8. The van der Waals surface area contributed by atoms with Crippen molar-refractivity contribution in [3.05, 3.63) is 12.4 Å². The lowest BCUT2D eigenvalue weighted by molar-refractivity contribution is 0.810. The summed E-state index contributed by atoms with van der Waals surface area (Å²) in [7, 11) is 0. The van der Waals surface area contributed by atoms with Gasteiger partial charge in [-0.1, -0.05) is 7.43 Å². The Bertz CT molecular complexity index is 173. The smallest absolute Gasteiger partial charge is 0.202 e. The van der Waals surface area contributed by atoms with Crippen LogP contribution in [0.4, 0.5) is 5.95 Å². The fourth-order valence-corrected chi connectivity index (χ4v) is 0.945. The molecular weight excluding hydrogens is 114 g/mol. The minimum absolute atomic E-state index is 0. The topological polar surface area (TPSA) is 29.9 Å². The molecule has 0 spiro atoms. The minimum Gasteiger partial charge on any atom is -0.354 e. The summed E-state index contributed by atoms with van der Waals surface area (Å²) in [6.07, 6.45) is 3.79. The van der Waals surface area contributed by atoms with Crippen LogP contribution in [0.25, 0.3) is 0 Å². The van der Waals surface area contributed by atoms with Gasteiger partial charge in [0.25, 0.3) is 0 Å². The second kappa shape index (κ2) is 2.09. The molecule has 0 unspecified atom stereocenters. The van der Waals surface area contributed by atoms with Gasteiger partial charge in [0.05, 0.1) is 0 Å². The van der Waals surface area contributed by atoms with Gasteiger partial charge in [-0.25, -0.2) is 4.98 Å². The van der Waals surface area contributed by atoms with E-state index in [1.165, 1.54) is 0 Å². The van der Waals surface area contributed by atoms with Crippen LogP contribution in [0, 0.1) is 0 Å². The van der Waals surface area contributed by atoms with Crippen LogP contribution in [0.5, 0.6) is 0 Å². The van der Waals surface area contributed by atoms with Gasteiger partial charge in [0.2, 0.25) is 5.95 Å². The Balaban J connectivity index is 0.000000405. The molecule has 0 atom stereocenters. The van der Waals surface area contributed by atoms with E-state index in [1.807, 2.05) is 12.4 Å². The van der Waals surface area contributed by atoms with Gasteiger partial charge in [-0.05, 0) is 0 Å². The van der Waals surface area contributed by atoms with Crippen molar-refractivity contribution in [1.29, 1.82) is 0 Å². The van der Waals surface area contributed by atoms with E-state index >= 15 is 0 Å². The Morgan fingerprint density at radius 3 is 3.33 bits per heavy atom. The van der Waals surface area contributed by atoms with Crippen molar-refractivity contribution in [1.82, 2.24) is 9.55 Å². The highest BCUT2D eigenvalue weighted by Crippen LogP contribution is 2.08. The molecule has 2 rings (SSSR count). The molecule has 0 radical (unpaired) electrons. The fourth-order valence-electron chi connectivity index (χ4n) is 0.945. The monoisotopic (exact) mass is 125 g/mol. The lowest BCUT2D eigenvalue weighted by Crippen LogP contribution is -1.93. The van der Waals surface area contributed by atoms with Crippen molar-refractivity contribution >= 4 is 5.95 Å². The lowest BCUT2D eigenvalue weighted by Gasteiger charge is -1.86. The summed E-state index contributed by atoms with van der Waals surface area (Å²) in [5.74, 6) is 1.00. The lowest BCUT2D eigenvalue weighted by atomic mass is 10.7.